The first kappa shape index (κ1) is 27.2. The lowest BCUT2D eigenvalue weighted by molar-refractivity contribution is 0.282. The highest BCUT2D eigenvalue weighted by Crippen LogP contribution is 2.38. The molecule has 41 heavy (non-hydrogen) atoms. The molecule has 6 nitrogen and oxygen atoms in total. The highest BCUT2D eigenvalue weighted by atomic mass is 35.5. The molecule has 3 aromatic carbocycles. The van der Waals surface area contributed by atoms with Crippen LogP contribution >= 0.6 is 34.8 Å². The van der Waals surface area contributed by atoms with Crippen molar-refractivity contribution in [1.82, 2.24) is 19.7 Å². The first-order valence-electron chi connectivity index (χ1n) is 12.8. The number of hydrogen-bond donors (Lipinski definition) is 1. The van der Waals surface area contributed by atoms with Crippen LogP contribution in [0.4, 0.5) is 0 Å². The van der Waals surface area contributed by atoms with E-state index in [1.165, 1.54) is 0 Å². The molecule has 204 valence electrons. The summed E-state index contributed by atoms with van der Waals surface area (Å²) in [5.41, 5.74) is 7.27. The summed E-state index contributed by atoms with van der Waals surface area (Å²) in [5.74, 6) is 0.480. The van der Waals surface area contributed by atoms with Crippen LogP contribution in [0.5, 0.6) is 5.88 Å². The maximum atomic E-state index is 10.4. The Morgan fingerprint density at radius 1 is 0.854 bits per heavy atom. The molecule has 0 saturated carbocycles. The number of halogens is 3. The van der Waals surface area contributed by atoms with E-state index in [0.29, 0.717) is 44.1 Å². The molecule has 0 amide bonds. The standard InChI is InChI=1S/C32H23Cl3N4O2/c1-41-32-25(15-19-3-7-22(8-4-19)39-14-2-12-37-39)30(35)24-16-20(6-10-29(24)38-32)23-11-13-36-31(26(23)18-40)21-5-9-27(33)28(34)17-21/h2-14,16-17,40H,15,18H2,1H3. The topological polar surface area (TPSA) is 73.1 Å². The normalized spacial score (nSPS) is 11.2. The summed E-state index contributed by atoms with van der Waals surface area (Å²) in [5, 5.41) is 16.9. The molecule has 0 saturated heterocycles. The van der Waals surface area contributed by atoms with Crippen LogP contribution in [0.1, 0.15) is 16.7 Å². The minimum Gasteiger partial charge on any atom is -0.481 e. The van der Waals surface area contributed by atoms with Gasteiger partial charge in [-0.25, -0.2) is 9.67 Å². The van der Waals surface area contributed by atoms with E-state index in [1.807, 2.05) is 71.5 Å². The summed E-state index contributed by atoms with van der Waals surface area (Å²) in [6.45, 7) is -0.217. The molecule has 0 aliphatic heterocycles. The molecule has 0 fully saturated rings. The number of aliphatic hydroxyl groups is 1. The molecular weight excluding hydrogens is 579 g/mol. The Balaban J connectivity index is 1.41. The molecule has 0 radical (unpaired) electrons. The van der Waals surface area contributed by atoms with Crippen LogP contribution in [0.15, 0.2) is 91.4 Å². The van der Waals surface area contributed by atoms with Gasteiger partial charge >= 0.3 is 0 Å². The van der Waals surface area contributed by atoms with Gasteiger partial charge in [-0.2, -0.15) is 5.10 Å². The molecule has 0 aliphatic carbocycles. The molecule has 0 atom stereocenters. The third kappa shape index (κ3) is 5.27. The number of benzene rings is 3. The molecule has 0 unspecified atom stereocenters. The Labute approximate surface area is 251 Å². The van der Waals surface area contributed by atoms with Crippen molar-refractivity contribution < 1.29 is 9.84 Å². The van der Waals surface area contributed by atoms with Gasteiger partial charge < -0.3 is 9.84 Å². The first-order chi connectivity index (χ1) is 20.0. The fourth-order valence-corrected chi connectivity index (χ4v) is 5.54. The van der Waals surface area contributed by atoms with Crippen LogP contribution in [-0.2, 0) is 13.0 Å². The quantitative estimate of drug-likeness (QED) is 0.200. The van der Waals surface area contributed by atoms with Crippen molar-refractivity contribution in [3.8, 4) is 34.0 Å². The van der Waals surface area contributed by atoms with E-state index in [9.17, 15) is 5.11 Å². The zero-order chi connectivity index (χ0) is 28.5. The van der Waals surface area contributed by atoms with Crippen molar-refractivity contribution >= 4 is 45.7 Å². The summed E-state index contributed by atoms with van der Waals surface area (Å²) in [7, 11) is 1.60. The summed E-state index contributed by atoms with van der Waals surface area (Å²) in [4.78, 5) is 9.30. The molecule has 3 aromatic heterocycles. The summed E-state index contributed by atoms with van der Waals surface area (Å²) >= 11 is 19.4. The molecule has 9 heteroatoms. The molecule has 1 N–H and O–H groups in total. The lowest BCUT2D eigenvalue weighted by Crippen LogP contribution is -2.01. The van der Waals surface area contributed by atoms with E-state index in [-0.39, 0.29) is 6.61 Å². The molecule has 6 aromatic rings. The van der Waals surface area contributed by atoms with Crippen LogP contribution in [0, 0.1) is 0 Å². The smallest absolute Gasteiger partial charge is 0.218 e. The van der Waals surface area contributed by atoms with Gasteiger partial charge in [-0.3, -0.25) is 4.98 Å². The zero-order valence-electron chi connectivity index (χ0n) is 21.9. The second-order valence-corrected chi connectivity index (χ2v) is 10.6. The largest absolute Gasteiger partial charge is 0.481 e. The van der Waals surface area contributed by atoms with Crippen LogP contribution in [-0.4, -0.2) is 32.0 Å². The van der Waals surface area contributed by atoms with Gasteiger partial charge in [-0.1, -0.05) is 59.1 Å². The van der Waals surface area contributed by atoms with E-state index in [4.69, 9.17) is 44.5 Å². The Morgan fingerprint density at radius 3 is 2.37 bits per heavy atom. The highest BCUT2D eigenvalue weighted by Gasteiger charge is 2.18. The van der Waals surface area contributed by atoms with Crippen molar-refractivity contribution in [2.75, 3.05) is 7.11 Å². The average molecular weight is 602 g/mol. The van der Waals surface area contributed by atoms with Crippen LogP contribution in [0.3, 0.4) is 0 Å². The predicted molar refractivity (Wildman–Crippen MR) is 164 cm³/mol. The summed E-state index contributed by atoms with van der Waals surface area (Å²) in [6, 6.07) is 23.0. The molecule has 6 rings (SSSR count). The van der Waals surface area contributed by atoms with Crippen LogP contribution in [0.25, 0.3) is 39.0 Å². The summed E-state index contributed by atoms with van der Waals surface area (Å²) in [6.07, 6.45) is 5.89. The van der Waals surface area contributed by atoms with Crippen molar-refractivity contribution in [1.29, 1.82) is 0 Å². The molecule has 0 aliphatic rings. The highest BCUT2D eigenvalue weighted by molar-refractivity contribution is 6.42. The van der Waals surface area contributed by atoms with Gasteiger partial charge in [-0.05, 0) is 65.2 Å². The van der Waals surface area contributed by atoms with Gasteiger partial charge in [-0.15, -0.1) is 0 Å². The fourth-order valence-electron chi connectivity index (χ4n) is 4.94. The van der Waals surface area contributed by atoms with Gasteiger partial charge in [0.2, 0.25) is 5.88 Å². The van der Waals surface area contributed by atoms with Crippen molar-refractivity contribution in [3.63, 3.8) is 0 Å². The minimum atomic E-state index is -0.217. The molecular formula is C32H23Cl3N4O2. The Kier molecular flexibility index (Phi) is 7.65. The van der Waals surface area contributed by atoms with Gasteiger partial charge in [0.05, 0.1) is 45.7 Å². The van der Waals surface area contributed by atoms with E-state index in [1.54, 1.807) is 31.6 Å². The van der Waals surface area contributed by atoms with Gasteiger partial charge in [0.15, 0.2) is 0 Å². The molecule has 3 heterocycles. The third-order valence-corrected chi connectivity index (χ3v) is 8.15. The average Bonchev–Trinajstić information content (AvgIpc) is 3.55. The number of pyridine rings is 2. The number of fused-ring (bicyclic) bond motifs is 1. The Bertz CT molecular complexity index is 1870. The summed E-state index contributed by atoms with van der Waals surface area (Å²) < 4.78 is 7.46. The van der Waals surface area contributed by atoms with Crippen LogP contribution in [0.2, 0.25) is 15.1 Å². The van der Waals surface area contributed by atoms with E-state index < -0.39 is 0 Å². The fraction of sp³-hybridized carbons (Fsp3) is 0.0938. The first-order valence-corrected chi connectivity index (χ1v) is 13.9. The SMILES string of the molecule is COc1nc2ccc(-c3ccnc(-c4ccc(Cl)c(Cl)c4)c3CO)cc2c(Cl)c1Cc1ccc(-n2cccn2)cc1. The number of ether oxygens (including phenoxy) is 1. The van der Waals surface area contributed by atoms with Crippen molar-refractivity contribution in [2.45, 2.75) is 13.0 Å². The van der Waals surface area contributed by atoms with Gasteiger partial charge in [0.1, 0.15) is 0 Å². The maximum Gasteiger partial charge on any atom is 0.218 e. The lowest BCUT2D eigenvalue weighted by atomic mass is 9.95. The molecule has 0 bridgehead atoms. The third-order valence-electron chi connectivity index (χ3n) is 6.98. The number of aromatic nitrogens is 4. The predicted octanol–water partition coefficient (Wildman–Crippen LogP) is 8.20. The van der Waals surface area contributed by atoms with Gasteiger partial charge in [0.25, 0.3) is 0 Å². The second-order valence-electron chi connectivity index (χ2n) is 9.41. The van der Waals surface area contributed by atoms with Gasteiger partial charge in [0, 0.05) is 47.1 Å². The Hall–Kier alpha value is -3.94. The number of nitrogens with zero attached hydrogens (tertiary/aromatic N) is 4. The number of aliphatic hydroxyl groups excluding tert-OH is 1. The molecule has 0 spiro atoms. The number of rotatable bonds is 7. The van der Waals surface area contributed by atoms with Crippen LogP contribution < -0.4 is 4.74 Å². The van der Waals surface area contributed by atoms with Crippen molar-refractivity contribution in [3.05, 3.63) is 123 Å². The number of methoxy groups -OCH3 is 1. The van der Waals surface area contributed by atoms with E-state index >= 15 is 0 Å². The minimum absolute atomic E-state index is 0.217. The lowest BCUT2D eigenvalue weighted by Gasteiger charge is -2.16. The maximum absolute atomic E-state index is 10.4. The van der Waals surface area contributed by atoms with E-state index in [0.717, 1.165) is 38.9 Å². The monoisotopic (exact) mass is 600 g/mol. The zero-order valence-corrected chi connectivity index (χ0v) is 24.1. The van der Waals surface area contributed by atoms with Crippen molar-refractivity contribution in [2.24, 2.45) is 0 Å². The second kappa shape index (κ2) is 11.5. The van der Waals surface area contributed by atoms with E-state index in [2.05, 4.69) is 10.1 Å². The Morgan fingerprint density at radius 2 is 1.66 bits per heavy atom. The number of hydrogen-bond acceptors (Lipinski definition) is 5.